The number of anilines is 1. The third kappa shape index (κ3) is 7.20. The molecule has 1 aromatic rings. The minimum absolute atomic E-state index is 0.0718. The third-order valence-corrected chi connectivity index (χ3v) is 3.47. The van der Waals surface area contributed by atoms with Gasteiger partial charge in [0.15, 0.2) is 17.5 Å². The average molecular weight is 344 g/mol. The molecule has 0 aliphatic rings. The monoisotopic (exact) mass is 344 g/mol. The smallest absolute Gasteiger partial charge is 0.210 e. The van der Waals surface area contributed by atoms with Crippen LogP contribution in [0.3, 0.4) is 0 Å². The zero-order chi connectivity index (χ0) is 17.3. The fourth-order valence-electron chi connectivity index (χ4n) is 1.75. The summed E-state index contributed by atoms with van der Waals surface area (Å²) in [5, 5.41) is 11.1. The lowest BCUT2D eigenvalue weighted by Crippen LogP contribution is -2.31. The van der Waals surface area contributed by atoms with Gasteiger partial charge in [-0.3, -0.25) is 4.99 Å². The van der Waals surface area contributed by atoms with Crippen LogP contribution in [0.25, 0.3) is 0 Å². The molecule has 0 heterocycles. The highest BCUT2D eigenvalue weighted by molar-refractivity contribution is 7.89. The molecule has 4 N–H and O–H groups in total. The van der Waals surface area contributed by atoms with E-state index in [-0.39, 0.29) is 12.3 Å². The Morgan fingerprint density at radius 2 is 2.04 bits per heavy atom. The second-order valence-corrected chi connectivity index (χ2v) is 6.29. The first-order chi connectivity index (χ1) is 10.9. The van der Waals surface area contributed by atoms with Crippen LogP contribution in [0, 0.1) is 0 Å². The van der Waals surface area contributed by atoms with Crippen molar-refractivity contribution in [1.29, 1.82) is 0 Å². The van der Waals surface area contributed by atoms with Gasteiger partial charge in [-0.25, -0.2) is 13.6 Å². The zero-order valence-corrected chi connectivity index (χ0v) is 14.4. The van der Waals surface area contributed by atoms with Gasteiger partial charge in [-0.15, -0.1) is 0 Å². The minimum Gasteiger partial charge on any atom is -0.493 e. The van der Waals surface area contributed by atoms with Gasteiger partial charge in [-0.2, -0.15) is 0 Å². The number of ether oxygens (including phenoxy) is 2. The molecule has 0 aromatic heterocycles. The Hall–Kier alpha value is -2.00. The number of guanidine groups is 1. The Morgan fingerprint density at radius 1 is 1.30 bits per heavy atom. The number of sulfonamides is 1. The summed E-state index contributed by atoms with van der Waals surface area (Å²) < 4.78 is 32.6. The van der Waals surface area contributed by atoms with Crippen LogP contribution in [0.4, 0.5) is 5.69 Å². The summed E-state index contributed by atoms with van der Waals surface area (Å²) in [5.74, 6) is 1.49. The van der Waals surface area contributed by atoms with Crippen LogP contribution in [-0.2, 0) is 10.0 Å². The maximum atomic E-state index is 10.9. The van der Waals surface area contributed by atoms with Crippen LogP contribution in [-0.4, -0.2) is 46.9 Å². The van der Waals surface area contributed by atoms with E-state index in [0.717, 1.165) is 5.69 Å². The summed E-state index contributed by atoms with van der Waals surface area (Å²) >= 11 is 0. The van der Waals surface area contributed by atoms with Crippen molar-refractivity contribution in [2.75, 3.05) is 37.9 Å². The van der Waals surface area contributed by atoms with Crippen molar-refractivity contribution in [1.82, 2.24) is 5.32 Å². The van der Waals surface area contributed by atoms with Crippen molar-refractivity contribution >= 4 is 21.7 Å². The number of methoxy groups -OCH3 is 1. The summed E-state index contributed by atoms with van der Waals surface area (Å²) in [6.45, 7) is 5.06. The van der Waals surface area contributed by atoms with Gasteiger partial charge in [0.1, 0.15) is 0 Å². The number of nitrogens with zero attached hydrogens (tertiary/aromatic N) is 1. The van der Waals surface area contributed by atoms with Crippen LogP contribution in [0.1, 0.15) is 13.8 Å². The molecule has 0 saturated carbocycles. The molecule has 130 valence electrons. The molecule has 0 bridgehead atoms. The van der Waals surface area contributed by atoms with E-state index in [2.05, 4.69) is 15.6 Å². The molecule has 0 unspecified atom stereocenters. The number of benzene rings is 1. The van der Waals surface area contributed by atoms with Crippen LogP contribution in [0.2, 0.25) is 0 Å². The van der Waals surface area contributed by atoms with Gasteiger partial charge in [0.2, 0.25) is 10.0 Å². The van der Waals surface area contributed by atoms with Gasteiger partial charge in [0.25, 0.3) is 0 Å². The van der Waals surface area contributed by atoms with E-state index in [1.54, 1.807) is 19.2 Å². The number of primary sulfonamides is 1. The number of nitrogens with two attached hydrogens (primary N) is 1. The molecule has 1 aromatic carbocycles. The lowest BCUT2D eigenvalue weighted by molar-refractivity contribution is 0.311. The quantitative estimate of drug-likeness (QED) is 0.474. The van der Waals surface area contributed by atoms with E-state index >= 15 is 0 Å². The molecular formula is C14H24N4O4S. The molecule has 0 fully saturated rings. The maximum absolute atomic E-state index is 10.9. The fourth-order valence-corrected chi connectivity index (χ4v) is 2.09. The lowest BCUT2D eigenvalue weighted by atomic mass is 10.2. The van der Waals surface area contributed by atoms with E-state index < -0.39 is 10.0 Å². The number of nitrogens with one attached hydrogen (secondary N) is 2. The predicted molar refractivity (Wildman–Crippen MR) is 91.7 cm³/mol. The molecule has 0 aliphatic heterocycles. The Kier molecular flexibility index (Phi) is 7.63. The second-order valence-electron chi connectivity index (χ2n) is 4.55. The van der Waals surface area contributed by atoms with Crippen molar-refractivity contribution in [3.05, 3.63) is 18.2 Å². The normalized spacial score (nSPS) is 11.9. The molecule has 0 spiro atoms. The summed E-state index contributed by atoms with van der Waals surface area (Å²) in [5.41, 5.74) is 0.737. The van der Waals surface area contributed by atoms with Crippen molar-refractivity contribution in [3.8, 4) is 11.5 Å². The Morgan fingerprint density at radius 3 is 2.61 bits per heavy atom. The van der Waals surface area contributed by atoms with Gasteiger partial charge in [-0.1, -0.05) is 0 Å². The van der Waals surface area contributed by atoms with E-state index in [1.807, 2.05) is 19.9 Å². The van der Waals surface area contributed by atoms with Gasteiger partial charge in [-0.05, 0) is 26.0 Å². The summed E-state index contributed by atoms with van der Waals surface area (Å²) in [4.78, 5) is 4.17. The molecule has 1 rings (SSSR count). The number of hydrogen-bond donors (Lipinski definition) is 3. The SMILES string of the molecule is CCNC(=NCCS(N)(=O)=O)Nc1ccc(OCC)c(OC)c1. The first kappa shape index (κ1) is 19.0. The summed E-state index contributed by atoms with van der Waals surface area (Å²) in [6, 6.07) is 5.39. The first-order valence-electron chi connectivity index (χ1n) is 7.26. The second kappa shape index (κ2) is 9.21. The maximum Gasteiger partial charge on any atom is 0.210 e. The summed E-state index contributed by atoms with van der Waals surface area (Å²) in [6.07, 6.45) is 0. The molecule has 0 aliphatic carbocycles. The molecule has 0 atom stereocenters. The molecule has 0 radical (unpaired) electrons. The number of rotatable bonds is 8. The zero-order valence-electron chi connectivity index (χ0n) is 13.6. The Labute approximate surface area is 137 Å². The van der Waals surface area contributed by atoms with Crippen molar-refractivity contribution < 1.29 is 17.9 Å². The van der Waals surface area contributed by atoms with Gasteiger partial charge < -0.3 is 20.1 Å². The summed E-state index contributed by atoms with van der Waals surface area (Å²) in [7, 11) is -1.97. The highest BCUT2D eigenvalue weighted by Gasteiger charge is 2.07. The molecule has 23 heavy (non-hydrogen) atoms. The standard InChI is InChI=1S/C14H24N4O4S/c1-4-16-14(17-8-9-23(15,19)20)18-11-6-7-12(22-5-2)13(10-11)21-3/h6-7,10H,4-5,8-9H2,1-3H3,(H2,15,19,20)(H2,16,17,18). The highest BCUT2D eigenvalue weighted by atomic mass is 32.2. The van der Waals surface area contributed by atoms with Crippen LogP contribution in [0.15, 0.2) is 23.2 Å². The Bertz CT molecular complexity index is 632. The first-order valence-corrected chi connectivity index (χ1v) is 8.97. The van der Waals surface area contributed by atoms with Crippen molar-refractivity contribution in [3.63, 3.8) is 0 Å². The lowest BCUT2D eigenvalue weighted by Gasteiger charge is -2.14. The minimum atomic E-state index is -3.53. The largest absolute Gasteiger partial charge is 0.493 e. The van der Waals surface area contributed by atoms with Gasteiger partial charge in [0, 0.05) is 18.3 Å². The molecule has 9 heteroatoms. The molecular weight excluding hydrogens is 320 g/mol. The fraction of sp³-hybridized carbons (Fsp3) is 0.500. The average Bonchev–Trinajstić information content (AvgIpc) is 2.48. The topological polar surface area (TPSA) is 115 Å². The van der Waals surface area contributed by atoms with Gasteiger partial charge >= 0.3 is 0 Å². The molecule has 8 nitrogen and oxygen atoms in total. The van der Waals surface area contributed by atoms with E-state index in [0.29, 0.717) is 30.6 Å². The third-order valence-electron chi connectivity index (χ3n) is 2.72. The number of aliphatic imine (C=N–C) groups is 1. The van der Waals surface area contributed by atoms with Gasteiger partial charge in [0.05, 0.1) is 26.0 Å². The molecule has 0 amide bonds. The Balaban J connectivity index is 2.85. The van der Waals surface area contributed by atoms with Crippen molar-refractivity contribution in [2.45, 2.75) is 13.8 Å². The van der Waals surface area contributed by atoms with E-state index in [9.17, 15) is 8.42 Å². The highest BCUT2D eigenvalue weighted by Crippen LogP contribution is 2.30. The van der Waals surface area contributed by atoms with Crippen LogP contribution < -0.4 is 25.2 Å². The van der Waals surface area contributed by atoms with E-state index in [1.165, 1.54) is 0 Å². The predicted octanol–water partition coefficient (Wildman–Crippen LogP) is 0.760. The van der Waals surface area contributed by atoms with Crippen LogP contribution in [0.5, 0.6) is 11.5 Å². The molecule has 0 saturated heterocycles. The van der Waals surface area contributed by atoms with E-state index in [4.69, 9.17) is 14.6 Å². The number of hydrogen-bond acceptors (Lipinski definition) is 5. The van der Waals surface area contributed by atoms with Crippen LogP contribution >= 0.6 is 0 Å². The van der Waals surface area contributed by atoms with Crippen molar-refractivity contribution in [2.24, 2.45) is 10.1 Å².